The van der Waals surface area contributed by atoms with E-state index in [-0.39, 0.29) is 0 Å². The first kappa shape index (κ1) is 16.0. The van der Waals surface area contributed by atoms with Crippen LogP contribution in [0.25, 0.3) is 0 Å². The Morgan fingerprint density at radius 3 is 2.57 bits per heavy atom. The normalized spacial score (nSPS) is 11.8. The predicted molar refractivity (Wildman–Crippen MR) is 93.4 cm³/mol. The van der Waals surface area contributed by atoms with E-state index in [0.29, 0.717) is 20.8 Å². The van der Waals surface area contributed by atoms with Crippen LogP contribution >= 0.6 is 35.4 Å². The lowest BCUT2D eigenvalue weighted by Crippen LogP contribution is -2.19. The SMILES string of the molecule is CC(O)c1cccc(NC(=S)Nc2ccc(Cl)cc2Cl)c1. The molecule has 3 nitrogen and oxygen atoms in total. The molecule has 2 aromatic rings. The molecule has 0 saturated heterocycles. The summed E-state index contributed by atoms with van der Waals surface area (Å²) in [5.74, 6) is 0. The molecule has 0 aromatic heterocycles. The molecule has 1 atom stereocenters. The van der Waals surface area contributed by atoms with Crippen molar-refractivity contribution < 1.29 is 5.11 Å². The van der Waals surface area contributed by atoms with E-state index in [9.17, 15) is 5.11 Å². The maximum absolute atomic E-state index is 9.57. The summed E-state index contributed by atoms with van der Waals surface area (Å²) in [5.41, 5.74) is 2.27. The van der Waals surface area contributed by atoms with Crippen LogP contribution in [0, 0.1) is 0 Å². The van der Waals surface area contributed by atoms with Crippen LogP contribution in [0.15, 0.2) is 42.5 Å². The molecule has 0 spiro atoms. The molecule has 0 aliphatic carbocycles. The van der Waals surface area contributed by atoms with Crippen LogP contribution in [0.3, 0.4) is 0 Å². The van der Waals surface area contributed by atoms with Gasteiger partial charge in [-0.1, -0.05) is 35.3 Å². The maximum atomic E-state index is 9.57. The molecule has 0 saturated carbocycles. The molecule has 0 radical (unpaired) electrons. The van der Waals surface area contributed by atoms with Gasteiger partial charge in [0.1, 0.15) is 0 Å². The third-order valence-corrected chi connectivity index (χ3v) is 3.56. The molecule has 0 aliphatic rings. The Balaban J connectivity index is 2.06. The molecule has 0 bridgehead atoms. The topological polar surface area (TPSA) is 44.3 Å². The van der Waals surface area contributed by atoms with Gasteiger partial charge in [-0.3, -0.25) is 0 Å². The maximum Gasteiger partial charge on any atom is 0.175 e. The number of nitrogens with one attached hydrogen (secondary N) is 2. The van der Waals surface area contributed by atoms with Crippen LogP contribution in [0.2, 0.25) is 10.0 Å². The predicted octanol–water partition coefficient (Wildman–Crippen LogP) is 4.86. The first-order valence-electron chi connectivity index (χ1n) is 6.27. The molecular formula is C15H14Cl2N2OS. The summed E-state index contributed by atoms with van der Waals surface area (Å²) in [6, 6.07) is 12.5. The van der Waals surface area contributed by atoms with E-state index in [1.807, 2.05) is 24.3 Å². The second kappa shape index (κ2) is 7.09. The summed E-state index contributed by atoms with van der Waals surface area (Å²) in [6.45, 7) is 1.71. The van der Waals surface area contributed by atoms with Crippen molar-refractivity contribution >= 4 is 51.9 Å². The number of thiocarbonyl (C=S) groups is 1. The van der Waals surface area contributed by atoms with Crippen LogP contribution in [0.4, 0.5) is 11.4 Å². The number of rotatable bonds is 3. The number of hydrogen-bond donors (Lipinski definition) is 3. The molecule has 6 heteroatoms. The Kier molecular flexibility index (Phi) is 5.42. The third kappa shape index (κ3) is 4.58. The van der Waals surface area contributed by atoms with Crippen LogP contribution in [0.1, 0.15) is 18.6 Å². The third-order valence-electron chi connectivity index (χ3n) is 2.81. The van der Waals surface area contributed by atoms with Crippen molar-refractivity contribution in [1.82, 2.24) is 0 Å². The van der Waals surface area contributed by atoms with Crippen molar-refractivity contribution in [1.29, 1.82) is 0 Å². The van der Waals surface area contributed by atoms with Gasteiger partial charge < -0.3 is 15.7 Å². The van der Waals surface area contributed by atoms with Crippen molar-refractivity contribution in [3.8, 4) is 0 Å². The number of benzene rings is 2. The van der Waals surface area contributed by atoms with Crippen molar-refractivity contribution in [2.24, 2.45) is 0 Å². The van der Waals surface area contributed by atoms with E-state index in [0.717, 1.165) is 11.3 Å². The highest BCUT2D eigenvalue weighted by Gasteiger charge is 2.05. The summed E-state index contributed by atoms with van der Waals surface area (Å²) in [7, 11) is 0. The molecule has 3 N–H and O–H groups in total. The van der Waals surface area contributed by atoms with Crippen molar-refractivity contribution in [3.63, 3.8) is 0 Å². The molecule has 2 aromatic carbocycles. The summed E-state index contributed by atoms with van der Waals surface area (Å²) in [4.78, 5) is 0. The van der Waals surface area contributed by atoms with Crippen LogP contribution in [-0.4, -0.2) is 10.2 Å². The fourth-order valence-electron chi connectivity index (χ4n) is 1.75. The van der Waals surface area contributed by atoms with Gasteiger partial charge in [0, 0.05) is 10.7 Å². The van der Waals surface area contributed by atoms with E-state index in [4.69, 9.17) is 35.4 Å². The van der Waals surface area contributed by atoms with Crippen molar-refractivity contribution in [2.45, 2.75) is 13.0 Å². The molecule has 0 fully saturated rings. The largest absolute Gasteiger partial charge is 0.389 e. The summed E-state index contributed by atoms with van der Waals surface area (Å²) in [6.07, 6.45) is -0.529. The minimum Gasteiger partial charge on any atom is -0.389 e. The second-order valence-electron chi connectivity index (χ2n) is 4.50. The molecule has 21 heavy (non-hydrogen) atoms. The lowest BCUT2D eigenvalue weighted by molar-refractivity contribution is 0.199. The van der Waals surface area contributed by atoms with Crippen molar-refractivity contribution in [3.05, 3.63) is 58.1 Å². The number of aliphatic hydroxyl groups is 1. The van der Waals surface area contributed by atoms with Gasteiger partial charge in [0.05, 0.1) is 16.8 Å². The molecule has 1 unspecified atom stereocenters. The Morgan fingerprint density at radius 2 is 1.90 bits per heavy atom. The van der Waals surface area contributed by atoms with Crippen molar-refractivity contribution in [2.75, 3.05) is 10.6 Å². The summed E-state index contributed by atoms with van der Waals surface area (Å²) >= 11 is 17.2. The zero-order chi connectivity index (χ0) is 15.4. The Morgan fingerprint density at radius 1 is 1.14 bits per heavy atom. The highest BCUT2D eigenvalue weighted by atomic mass is 35.5. The van der Waals surface area contributed by atoms with Gasteiger partial charge in [0.25, 0.3) is 0 Å². The average molecular weight is 341 g/mol. The zero-order valence-electron chi connectivity index (χ0n) is 11.2. The fourth-order valence-corrected chi connectivity index (χ4v) is 2.44. The van der Waals surface area contributed by atoms with Gasteiger partial charge in [-0.15, -0.1) is 0 Å². The van der Waals surface area contributed by atoms with E-state index >= 15 is 0 Å². The van der Waals surface area contributed by atoms with E-state index in [1.54, 1.807) is 25.1 Å². The molecule has 0 heterocycles. The van der Waals surface area contributed by atoms with Crippen LogP contribution in [0.5, 0.6) is 0 Å². The molecule has 0 aliphatic heterocycles. The van der Waals surface area contributed by atoms with Gasteiger partial charge in [-0.25, -0.2) is 0 Å². The van der Waals surface area contributed by atoms with Gasteiger partial charge in [0.2, 0.25) is 0 Å². The van der Waals surface area contributed by atoms with Crippen LogP contribution < -0.4 is 10.6 Å². The first-order chi connectivity index (χ1) is 9.95. The highest BCUT2D eigenvalue weighted by molar-refractivity contribution is 7.80. The lowest BCUT2D eigenvalue weighted by atomic mass is 10.1. The lowest BCUT2D eigenvalue weighted by Gasteiger charge is -2.13. The average Bonchev–Trinajstić information content (AvgIpc) is 2.42. The molecule has 0 amide bonds. The van der Waals surface area contributed by atoms with Gasteiger partial charge >= 0.3 is 0 Å². The minimum atomic E-state index is -0.529. The number of anilines is 2. The zero-order valence-corrected chi connectivity index (χ0v) is 13.6. The number of aliphatic hydroxyl groups excluding tert-OH is 1. The summed E-state index contributed by atoms with van der Waals surface area (Å²) < 4.78 is 0. The summed E-state index contributed by atoms with van der Waals surface area (Å²) in [5, 5.41) is 17.1. The molecule has 110 valence electrons. The van der Waals surface area contributed by atoms with Crippen LogP contribution in [-0.2, 0) is 0 Å². The fraction of sp³-hybridized carbons (Fsp3) is 0.133. The van der Waals surface area contributed by atoms with Gasteiger partial charge in [0.15, 0.2) is 5.11 Å². The molecular weight excluding hydrogens is 327 g/mol. The monoisotopic (exact) mass is 340 g/mol. The Bertz CT molecular complexity index is 662. The number of hydrogen-bond acceptors (Lipinski definition) is 2. The Labute approximate surface area is 138 Å². The van der Waals surface area contributed by atoms with E-state index in [2.05, 4.69) is 10.6 Å². The smallest absolute Gasteiger partial charge is 0.175 e. The highest BCUT2D eigenvalue weighted by Crippen LogP contribution is 2.25. The Hall–Kier alpha value is -1.33. The standard InChI is InChI=1S/C15H14Cl2N2OS/c1-9(20)10-3-2-4-12(7-10)18-15(21)19-14-6-5-11(16)8-13(14)17/h2-9,20H,1H3,(H2,18,19,21). The van der Waals surface area contributed by atoms with Gasteiger partial charge in [-0.05, 0) is 55.0 Å². The first-order valence-corrected chi connectivity index (χ1v) is 7.43. The quantitative estimate of drug-likeness (QED) is 0.698. The van der Waals surface area contributed by atoms with E-state index in [1.165, 1.54) is 0 Å². The second-order valence-corrected chi connectivity index (χ2v) is 5.76. The van der Waals surface area contributed by atoms with E-state index < -0.39 is 6.10 Å². The minimum absolute atomic E-state index is 0.405. The molecule has 2 rings (SSSR count). The van der Waals surface area contributed by atoms with Gasteiger partial charge in [-0.2, -0.15) is 0 Å². The number of halogens is 2.